The summed E-state index contributed by atoms with van der Waals surface area (Å²) < 4.78 is 0. The minimum absolute atomic E-state index is 0.217. The summed E-state index contributed by atoms with van der Waals surface area (Å²) in [5.41, 5.74) is -0.851. The van der Waals surface area contributed by atoms with Gasteiger partial charge in [0.05, 0.1) is 10.7 Å². The lowest BCUT2D eigenvalue weighted by Gasteiger charge is -2.34. The largest absolute Gasteiger partial charge is 0.481 e. The zero-order valence-electron chi connectivity index (χ0n) is 7.77. The van der Waals surface area contributed by atoms with Crippen molar-refractivity contribution in [3.8, 4) is 12.3 Å². The molecule has 1 aliphatic rings. The molecule has 5 nitrogen and oxygen atoms in total. The van der Waals surface area contributed by atoms with Gasteiger partial charge in [0.2, 0.25) is 0 Å². The van der Waals surface area contributed by atoms with E-state index in [2.05, 4.69) is 11.2 Å². The molecule has 0 spiro atoms. The Morgan fingerprint density at radius 2 is 2.14 bits per heavy atom. The maximum absolute atomic E-state index is 11.0. The Bertz CT molecular complexity index is 274. The number of carboxylic acid groups (broad SMARTS) is 1. The molecule has 0 bridgehead atoms. The molecule has 0 aromatic rings. The molecule has 0 atom stereocenters. The second kappa shape index (κ2) is 4.09. The number of nitrogens with zero attached hydrogens (tertiary/aromatic N) is 2. The van der Waals surface area contributed by atoms with Crippen molar-refractivity contribution in [2.45, 2.75) is 19.3 Å². The van der Waals surface area contributed by atoms with Crippen molar-refractivity contribution in [2.24, 2.45) is 10.7 Å². The molecule has 0 aromatic heterocycles. The highest BCUT2D eigenvalue weighted by atomic mass is 16.4. The van der Waals surface area contributed by atoms with E-state index in [9.17, 15) is 9.70 Å². The maximum Gasteiger partial charge on any atom is 0.310 e. The van der Waals surface area contributed by atoms with Crippen molar-refractivity contribution in [1.29, 1.82) is 0 Å². The van der Waals surface area contributed by atoms with Gasteiger partial charge >= 0.3 is 5.97 Å². The van der Waals surface area contributed by atoms with E-state index in [1.54, 1.807) is 0 Å². The van der Waals surface area contributed by atoms with Gasteiger partial charge in [-0.3, -0.25) is 9.80 Å². The van der Waals surface area contributed by atoms with Crippen LogP contribution in [-0.2, 0) is 4.79 Å². The predicted octanol–water partition coefficient (Wildman–Crippen LogP) is 0.858. The first-order valence-electron chi connectivity index (χ1n) is 4.40. The van der Waals surface area contributed by atoms with E-state index in [0.29, 0.717) is 25.9 Å². The molecule has 1 rings (SSSR count). The highest BCUT2D eigenvalue weighted by Crippen LogP contribution is 2.34. The topological polar surface area (TPSA) is 70.0 Å². The predicted molar refractivity (Wildman–Crippen MR) is 50.1 cm³/mol. The van der Waals surface area contributed by atoms with Crippen molar-refractivity contribution >= 4 is 5.97 Å². The van der Waals surface area contributed by atoms with Crippen LogP contribution in [0.15, 0.2) is 5.29 Å². The molecule has 1 N–H and O–H groups in total. The third-order valence-corrected chi connectivity index (χ3v) is 2.71. The van der Waals surface area contributed by atoms with Crippen LogP contribution in [0.3, 0.4) is 0 Å². The number of hydrogen-bond acceptors (Lipinski definition) is 3. The van der Waals surface area contributed by atoms with Gasteiger partial charge in [-0.15, -0.1) is 17.3 Å². The first-order valence-corrected chi connectivity index (χ1v) is 4.40. The van der Waals surface area contributed by atoms with E-state index >= 15 is 0 Å². The third-order valence-electron chi connectivity index (χ3n) is 2.71. The van der Waals surface area contributed by atoms with Gasteiger partial charge in [-0.05, 0) is 12.8 Å². The van der Waals surface area contributed by atoms with Crippen LogP contribution >= 0.6 is 0 Å². The van der Waals surface area contributed by atoms with Crippen LogP contribution in [0.2, 0.25) is 0 Å². The number of hydrogen-bond donors (Lipinski definition) is 1. The molecule has 5 heteroatoms. The van der Waals surface area contributed by atoms with Crippen LogP contribution in [0.25, 0.3) is 0 Å². The lowest BCUT2D eigenvalue weighted by molar-refractivity contribution is -0.151. The van der Waals surface area contributed by atoms with Gasteiger partial charge in [0.15, 0.2) is 0 Å². The molecule has 1 fully saturated rings. The highest BCUT2D eigenvalue weighted by molar-refractivity contribution is 5.75. The van der Waals surface area contributed by atoms with Gasteiger partial charge in [0.1, 0.15) is 0 Å². The molecule has 14 heavy (non-hydrogen) atoms. The van der Waals surface area contributed by atoms with E-state index in [1.165, 1.54) is 5.01 Å². The van der Waals surface area contributed by atoms with Crippen LogP contribution < -0.4 is 0 Å². The van der Waals surface area contributed by atoms with Gasteiger partial charge in [-0.2, -0.15) is 0 Å². The second-order valence-corrected chi connectivity index (χ2v) is 3.50. The first-order chi connectivity index (χ1) is 6.64. The van der Waals surface area contributed by atoms with Gasteiger partial charge < -0.3 is 5.11 Å². The number of nitroso groups, excluding NO2 is 1. The molecule has 1 heterocycles. The van der Waals surface area contributed by atoms with Crippen LogP contribution in [-0.4, -0.2) is 29.2 Å². The number of carbonyl (C=O) groups is 1. The monoisotopic (exact) mass is 196 g/mol. The Hall–Kier alpha value is -1.57. The van der Waals surface area contributed by atoms with Crippen LogP contribution in [0, 0.1) is 22.7 Å². The fourth-order valence-corrected chi connectivity index (χ4v) is 1.67. The average Bonchev–Trinajstić information content (AvgIpc) is 2.19. The van der Waals surface area contributed by atoms with E-state index < -0.39 is 11.4 Å². The zero-order valence-corrected chi connectivity index (χ0v) is 7.77. The number of rotatable bonds is 3. The molecule has 0 aliphatic carbocycles. The minimum atomic E-state index is -0.874. The molecule has 0 amide bonds. The summed E-state index contributed by atoms with van der Waals surface area (Å²) in [5, 5.41) is 13.2. The van der Waals surface area contributed by atoms with Gasteiger partial charge in [-0.1, -0.05) is 0 Å². The summed E-state index contributed by atoms with van der Waals surface area (Å²) in [6.07, 6.45) is 6.13. The van der Waals surface area contributed by atoms with Crippen molar-refractivity contribution in [1.82, 2.24) is 5.01 Å². The molecule has 0 radical (unpaired) electrons. The van der Waals surface area contributed by atoms with E-state index in [0.717, 1.165) is 0 Å². The number of terminal acetylenes is 1. The minimum Gasteiger partial charge on any atom is -0.481 e. The lowest BCUT2D eigenvalue weighted by atomic mass is 9.76. The van der Waals surface area contributed by atoms with Crippen molar-refractivity contribution < 1.29 is 9.90 Å². The summed E-state index contributed by atoms with van der Waals surface area (Å²) in [5.74, 6) is 1.51. The SMILES string of the molecule is C#CCC1(C(=O)O)CCN(N=O)CC1. The molecule has 0 saturated carbocycles. The van der Waals surface area contributed by atoms with Crippen LogP contribution in [0.5, 0.6) is 0 Å². The summed E-state index contributed by atoms with van der Waals surface area (Å²) in [4.78, 5) is 21.2. The molecule has 1 aliphatic heterocycles. The molecule has 0 aromatic carbocycles. The number of aliphatic carboxylic acids is 1. The maximum atomic E-state index is 11.0. The smallest absolute Gasteiger partial charge is 0.310 e. The summed E-state index contributed by atoms with van der Waals surface area (Å²) in [6, 6.07) is 0. The second-order valence-electron chi connectivity index (χ2n) is 3.50. The summed E-state index contributed by atoms with van der Waals surface area (Å²) >= 11 is 0. The van der Waals surface area contributed by atoms with Gasteiger partial charge in [0, 0.05) is 19.5 Å². The Balaban J connectivity index is 2.70. The number of carboxylic acids is 1. The Morgan fingerprint density at radius 1 is 1.57 bits per heavy atom. The van der Waals surface area contributed by atoms with E-state index in [-0.39, 0.29) is 6.42 Å². The summed E-state index contributed by atoms with van der Waals surface area (Å²) in [6.45, 7) is 0.745. The lowest BCUT2D eigenvalue weighted by Crippen LogP contribution is -2.42. The van der Waals surface area contributed by atoms with E-state index in [1.807, 2.05) is 0 Å². The molecule has 1 saturated heterocycles. The van der Waals surface area contributed by atoms with Gasteiger partial charge in [0.25, 0.3) is 0 Å². The number of piperidine rings is 1. The fraction of sp³-hybridized carbons (Fsp3) is 0.667. The van der Waals surface area contributed by atoms with Crippen LogP contribution in [0.1, 0.15) is 19.3 Å². The van der Waals surface area contributed by atoms with Gasteiger partial charge in [-0.25, -0.2) is 0 Å². The van der Waals surface area contributed by atoms with Crippen molar-refractivity contribution in [3.05, 3.63) is 4.91 Å². The zero-order chi connectivity index (χ0) is 10.6. The average molecular weight is 196 g/mol. The normalized spacial score (nSPS) is 19.8. The van der Waals surface area contributed by atoms with E-state index in [4.69, 9.17) is 11.5 Å². The quantitative estimate of drug-likeness (QED) is 0.536. The fourth-order valence-electron chi connectivity index (χ4n) is 1.67. The Labute approximate surface area is 82.0 Å². The van der Waals surface area contributed by atoms with Crippen molar-refractivity contribution in [2.75, 3.05) is 13.1 Å². The molecule has 76 valence electrons. The van der Waals surface area contributed by atoms with Crippen LogP contribution in [0.4, 0.5) is 0 Å². The molecular formula is C9H12N2O3. The standard InChI is InChI=1S/C9H12N2O3/c1-2-3-9(8(12)13)4-6-11(10-14)7-5-9/h1H,3-7H2,(H,12,13). The third kappa shape index (κ3) is 1.84. The molecule has 0 unspecified atom stereocenters. The highest BCUT2D eigenvalue weighted by Gasteiger charge is 2.41. The Morgan fingerprint density at radius 3 is 2.50 bits per heavy atom. The van der Waals surface area contributed by atoms with Crippen molar-refractivity contribution in [3.63, 3.8) is 0 Å². The Kier molecular flexibility index (Phi) is 3.07. The first kappa shape index (κ1) is 10.5. The molecular weight excluding hydrogens is 184 g/mol. The summed E-state index contributed by atoms with van der Waals surface area (Å²) in [7, 11) is 0.